The smallest absolute Gasteiger partial charge is 0.318 e. The summed E-state index contributed by atoms with van der Waals surface area (Å²) in [7, 11) is 3.20. The average molecular weight is 296 g/mol. The number of nitrogens with zero attached hydrogens (tertiary/aromatic N) is 1. The van der Waals surface area contributed by atoms with E-state index in [1.54, 1.807) is 14.2 Å². The van der Waals surface area contributed by atoms with Crippen molar-refractivity contribution >= 4 is 22.8 Å². The van der Waals surface area contributed by atoms with Gasteiger partial charge < -0.3 is 20.4 Å². The number of fused-ring (bicyclic) bond motifs is 1. The van der Waals surface area contributed by atoms with Crippen molar-refractivity contribution in [2.24, 2.45) is 0 Å². The van der Waals surface area contributed by atoms with Gasteiger partial charge in [-0.1, -0.05) is 12.1 Å². The Morgan fingerprint density at radius 2 is 2.05 bits per heavy atom. The Kier molecular flexibility index (Phi) is 3.65. The molecule has 3 aromatic rings. The van der Waals surface area contributed by atoms with E-state index in [0.29, 0.717) is 11.5 Å². The van der Waals surface area contributed by atoms with Gasteiger partial charge in [0.1, 0.15) is 11.6 Å². The van der Waals surface area contributed by atoms with Crippen LogP contribution in [-0.2, 0) is 0 Å². The lowest BCUT2D eigenvalue weighted by Gasteiger charge is -2.08. The van der Waals surface area contributed by atoms with E-state index in [0.717, 1.165) is 22.3 Å². The maximum absolute atomic E-state index is 11.6. The van der Waals surface area contributed by atoms with Crippen LogP contribution in [0.5, 0.6) is 5.75 Å². The summed E-state index contributed by atoms with van der Waals surface area (Å²) in [6, 6.07) is 12.9. The number of anilines is 1. The zero-order valence-corrected chi connectivity index (χ0v) is 12.3. The van der Waals surface area contributed by atoms with E-state index in [4.69, 9.17) is 4.74 Å². The van der Waals surface area contributed by atoms with Crippen molar-refractivity contribution in [3.8, 4) is 17.1 Å². The van der Waals surface area contributed by atoms with Gasteiger partial charge in [-0.3, -0.25) is 0 Å². The van der Waals surface area contributed by atoms with E-state index in [-0.39, 0.29) is 6.03 Å². The lowest BCUT2D eigenvalue weighted by molar-refractivity contribution is 0.254. The predicted molar refractivity (Wildman–Crippen MR) is 86.2 cm³/mol. The number of nitrogens with one attached hydrogen (secondary N) is 3. The summed E-state index contributed by atoms with van der Waals surface area (Å²) in [4.78, 5) is 19.4. The molecule has 0 fully saturated rings. The molecule has 2 aromatic carbocycles. The number of rotatable bonds is 3. The first-order valence-corrected chi connectivity index (χ1v) is 6.83. The molecule has 0 radical (unpaired) electrons. The monoisotopic (exact) mass is 296 g/mol. The highest BCUT2D eigenvalue weighted by molar-refractivity contribution is 5.94. The second-order valence-corrected chi connectivity index (χ2v) is 4.72. The van der Waals surface area contributed by atoms with Gasteiger partial charge in [-0.25, -0.2) is 9.78 Å². The third kappa shape index (κ3) is 2.58. The van der Waals surface area contributed by atoms with Gasteiger partial charge in [0, 0.05) is 18.7 Å². The molecule has 1 aromatic heterocycles. The highest BCUT2D eigenvalue weighted by Gasteiger charge is 2.11. The standard InChI is InChI=1S/C16H16N4O2/c1-17-16(21)20-12-6-4-3-5-11(12)15-18-13-8-7-10(22-2)9-14(13)19-15/h3-9H,1-2H3,(H,18,19)(H2,17,20,21). The second-order valence-electron chi connectivity index (χ2n) is 4.72. The number of ether oxygens (including phenoxy) is 1. The average Bonchev–Trinajstić information content (AvgIpc) is 2.97. The summed E-state index contributed by atoms with van der Waals surface area (Å²) in [6.45, 7) is 0. The topological polar surface area (TPSA) is 79.0 Å². The minimum atomic E-state index is -0.273. The molecule has 0 atom stereocenters. The fourth-order valence-corrected chi connectivity index (χ4v) is 2.23. The van der Waals surface area contributed by atoms with Gasteiger partial charge in [-0.2, -0.15) is 0 Å². The van der Waals surface area contributed by atoms with Gasteiger partial charge in [0.25, 0.3) is 0 Å². The number of H-pyrrole nitrogens is 1. The molecule has 0 aliphatic heterocycles. The Balaban J connectivity index is 2.05. The van der Waals surface area contributed by atoms with Gasteiger partial charge in [0.15, 0.2) is 0 Å². The van der Waals surface area contributed by atoms with Gasteiger partial charge in [-0.05, 0) is 24.3 Å². The number of aromatic amines is 1. The van der Waals surface area contributed by atoms with Crippen LogP contribution < -0.4 is 15.4 Å². The van der Waals surface area contributed by atoms with E-state index >= 15 is 0 Å². The molecule has 2 amide bonds. The van der Waals surface area contributed by atoms with Gasteiger partial charge in [-0.15, -0.1) is 0 Å². The van der Waals surface area contributed by atoms with Gasteiger partial charge in [0.05, 0.1) is 23.8 Å². The fourth-order valence-electron chi connectivity index (χ4n) is 2.23. The first-order chi connectivity index (χ1) is 10.7. The summed E-state index contributed by atoms with van der Waals surface area (Å²) in [5.74, 6) is 1.45. The van der Waals surface area contributed by atoms with Crippen LogP contribution in [0.4, 0.5) is 10.5 Å². The zero-order valence-electron chi connectivity index (χ0n) is 12.3. The minimum Gasteiger partial charge on any atom is -0.497 e. The minimum absolute atomic E-state index is 0.273. The maximum atomic E-state index is 11.6. The predicted octanol–water partition coefficient (Wildman–Crippen LogP) is 2.99. The van der Waals surface area contributed by atoms with Crippen molar-refractivity contribution in [1.29, 1.82) is 0 Å². The molecule has 6 nitrogen and oxygen atoms in total. The third-order valence-electron chi connectivity index (χ3n) is 3.35. The van der Waals surface area contributed by atoms with Crippen LogP contribution in [-0.4, -0.2) is 30.2 Å². The van der Waals surface area contributed by atoms with Gasteiger partial charge >= 0.3 is 6.03 Å². The number of carbonyl (C=O) groups excluding carboxylic acids is 1. The lowest BCUT2D eigenvalue weighted by atomic mass is 10.1. The maximum Gasteiger partial charge on any atom is 0.318 e. The molecule has 0 aliphatic carbocycles. The lowest BCUT2D eigenvalue weighted by Crippen LogP contribution is -2.24. The van der Waals surface area contributed by atoms with Crippen LogP contribution >= 0.6 is 0 Å². The number of benzene rings is 2. The van der Waals surface area contributed by atoms with Crippen molar-refractivity contribution in [2.75, 3.05) is 19.5 Å². The molecule has 0 spiro atoms. The Morgan fingerprint density at radius 1 is 1.23 bits per heavy atom. The number of aromatic nitrogens is 2. The van der Waals surface area contributed by atoms with E-state index in [2.05, 4.69) is 20.6 Å². The Bertz CT molecular complexity index is 826. The number of amides is 2. The van der Waals surface area contributed by atoms with Crippen molar-refractivity contribution in [2.45, 2.75) is 0 Å². The Labute approximate surface area is 127 Å². The molecule has 1 heterocycles. The molecule has 22 heavy (non-hydrogen) atoms. The van der Waals surface area contributed by atoms with E-state index < -0.39 is 0 Å². The Hall–Kier alpha value is -3.02. The highest BCUT2D eigenvalue weighted by atomic mass is 16.5. The van der Waals surface area contributed by atoms with Crippen LogP contribution in [0.3, 0.4) is 0 Å². The quantitative estimate of drug-likeness (QED) is 0.695. The van der Waals surface area contributed by atoms with E-state index in [1.165, 1.54) is 0 Å². The van der Waals surface area contributed by atoms with Gasteiger partial charge in [0.2, 0.25) is 0 Å². The molecule has 0 saturated carbocycles. The van der Waals surface area contributed by atoms with Crippen molar-refractivity contribution in [1.82, 2.24) is 15.3 Å². The molecule has 0 bridgehead atoms. The van der Waals surface area contributed by atoms with E-state index in [1.807, 2.05) is 42.5 Å². The van der Waals surface area contributed by atoms with Crippen molar-refractivity contribution in [3.63, 3.8) is 0 Å². The summed E-state index contributed by atoms with van der Waals surface area (Å²) < 4.78 is 5.22. The number of carbonyl (C=O) groups is 1. The Morgan fingerprint density at radius 3 is 2.82 bits per heavy atom. The molecular weight excluding hydrogens is 280 g/mol. The molecule has 0 aliphatic rings. The number of hydrogen-bond acceptors (Lipinski definition) is 3. The molecule has 3 rings (SSSR count). The first-order valence-electron chi connectivity index (χ1n) is 6.83. The molecule has 0 saturated heterocycles. The van der Waals surface area contributed by atoms with Crippen molar-refractivity contribution in [3.05, 3.63) is 42.5 Å². The number of imidazole rings is 1. The van der Waals surface area contributed by atoms with Crippen LogP contribution in [0.1, 0.15) is 0 Å². The van der Waals surface area contributed by atoms with Crippen LogP contribution in [0.25, 0.3) is 22.4 Å². The number of urea groups is 1. The summed E-state index contributed by atoms with van der Waals surface area (Å²) in [6.07, 6.45) is 0. The number of para-hydroxylation sites is 1. The fraction of sp³-hybridized carbons (Fsp3) is 0.125. The summed E-state index contributed by atoms with van der Waals surface area (Å²) in [5, 5.41) is 5.33. The van der Waals surface area contributed by atoms with Crippen molar-refractivity contribution < 1.29 is 9.53 Å². The SMILES string of the molecule is CNC(=O)Nc1ccccc1-c1nc2ccc(OC)cc2[nH]1. The number of hydrogen-bond donors (Lipinski definition) is 3. The summed E-state index contributed by atoms with van der Waals surface area (Å²) >= 11 is 0. The third-order valence-corrected chi connectivity index (χ3v) is 3.35. The van der Waals surface area contributed by atoms with E-state index in [9.17, 15) is 4.79 Å². The van der Waals surface area contributed by atoms with Crippen LogP contribution in [0, 0.1) is 0 Å². The zero-order chi connectivity index (χ0) is 15.5. The molecule has 3 N–H and O–H groups in total. The van der Waals surface area contributed by atoms with Crippen LogP contribution in [0.15, 0.2) is 42.5 Å². The summed E-state index contributed by atoms with van der Waals surface area (Å²) in [5.41, 5.74) is 3.23. The van der Waals surface area contributed by atoms with Crippen LogP contribution in [0.2, 0.25) is 0 Å². The first kappa shape index (κ1) is 13.9. The molecule has 0 unspecified atom stereocenters. The molecule has 6 heteroatoms. The molecule has 112 valence electrons. The normalized spacial score (nSPS) is 10.5. The highest BCUT2D eigenvalue weighted by Crippen LogP contribution is 2.28. The molecular formula is C16H16N4O2. The second kappa shape index (κ2) is 5.77. The number of methoxy groups -OCH3 is 1. The largest absolute Gasteiger partial charge is 0.497 e.